The molecule has 1 spiro atoms. The minimum atomic E-state index is -1.33. The van der Waals surface area contributed by atoms with Crippen LogP contribution in [0, 0.1) is 5.41 Å². The molecule has 3 aliphatic rings. The maximum absolute atomic E-state index is 13.9. The van der Waals surface area contributed by atoms with Crippen LogP contribution in [0.25, 0.3) is 0 Å². The Bertz CT molecular complexity index is 1030. The zero-order chi connectivity index (χ0) is 20.9. The standard InChI is InChI=1S/C23H23N3O4/c1-30-17-11-9-16(10-12-17)26-21(28)23(20(27)24-22(26)29)14-15-6-2-3-7-18(15)25-13-5-4-8-19(23)25/h2-3,6-7,9-12,19H,4-5,8,13-14H2,1H3,(H,24,27,29)/t19-,23-/m1/s1. The summed E-state index contributed by atoms with van der Waals surface area (Å²) in [5.41, 5.74) is 1.14. The molecular formula is C23H23N3O4. The van der Waals surface area contributed by atoms with Gasteiger partial charge in [-0.25, -0.2) is 9.69 Å². The molecule has 0 unspecified atom stereocenters. The summed E-state index contributed by atoms with van der Waals surface area (Å²) < 4.78 is 5.18. The maximum Gasteiger partial charge on any atom is 0.335 e. The van der Waals surface area contributed by atoms with Crippen LogP contribution >= 0.6 is 0 Å². The summed E-state index contributed by atoms with van der Waals surface area (Å²) >= 11 is 0. The second-order valence-electron chi connectivity index (χ2n) is 8.08. The van der Waals surface area contributed by atoms with Crippen LogP contribution in [0.2, 0.25) is 0 Å². The lowest BCUT2D eigenvalue weighted by atomic mass is 9.66. The van der Waals surface area contributed by atoms with Crippen molar-refractivity contribution in [3.8, 4) is 5.75 Å². The van der Waals surface area contributed by atoms with Gasteiger partial charge in [-0.05, 0) is 61.6 Å². The SMILES string of the molecule is COc1ccc(N2C(=O)NC(=O)[C@]3(Cc4ccccc4N4CCCC[C@@H]43)C2=O)cc1. The predicted octanol–water partition coefficient (Wildman–Crippen LogP) is 2.88. The van der Waals surface area contributed by atoms with Crippen molar-refractivity contribution in [2.75, 3.05) is 23.5 Å². The Balaban J connectivity index is 1.63. The Kier molecular flexibility index (Phi) is 4.27. The fourth-order valence-corrected chi connectivity index (χ4v) is 5.16. The van der Waals surface area contributed by atoms with Gasteiger partial charge in [-0.3, -0.25) is 14.9 Å². The van der Waals surface area contributed by atoms with Gasteiger partial charge in [0.2, 0.25) is 5.91 Å². The second kappa shape index (κ2) is 6.86. The highest BCUT2D eigenvalue weighted by Crippen LogP contribution is 2.48. The van der Waals surface area contributed by atoms with Crippen molar-refractivity contribution < 1.29 is 19.1 Å². The predicted molar refractivity (Wildman–Crippen MR) is 112 cm³/mol. The molecule has 2 atom stereocenters. The first-order valence-corrected chi connectivity index (χ1v) is 10.2. The molecule has 2 saturated heterocycles. The van der Waals surface area contributed by atoms with Crippen LogP contribution in [0.3, 0.4) is 0 Å². The number of carbonyl (C=O) groups excluding carboxylic acids is 3. The number of fused-ring (bicyclic) bond motifs is 4. The summed E-state index contributed by atoms with van der Waals surface area (Å²) in [6.45, 7) is 0.792. The van der Waals surface area contributed by atoms with Crippen molar-refractivity contribution in [2.24, 2.45) is 5.41 Å². The van der Waals surface area contributed by atoms with Gasteiger partial charge in [0.25, 0.3) is 5.91 Å². The average Bonchev–Trinajstić information content (AvgIpc) is 2.78. The number of carbonyl (C=O) groups is 3. The number of amides is 4. The average molecular weight is 405 g/mol. The van der Waals surface area contributed by atoms with Gasteiger partial charge in [0, 0.05) is 12.2 Å². The molecule has 0 saturated carbocycles. The number of urea groups is 1. The maximum atomic E-state index is 13.9. The van der Waals surface area contributed by atoms with E-state index in [1.807, 2.05) is 18.2 Å². The van der Waals surface area contributed by atoms with E-state index in [0.717, 1.165) is 42.0 Å². The zero-order valence-corrected chi connectivity index (χ0v) is 16.8. The Morgan fingerprint density at radius 2 is 1.80 bits per heavy atom. The van der Waals surface area contributed by atoms with Crippen molar-refractivity contribution >= 4 is 29.2 Å². The van der Waals surface area contributed by atoms with Gasteiger partial charge in [0.1, 0.15) is 5.75 Å². The number of nitrogens with one attached hydrogen (secondary N) is 1. The molecule has 3 aliphatic heterocycles. The van der Waals surface area contributed by atoms with Gasteiger partial charge in [-0.1, -0.05) is 18.2 Å². The number of nitrogens with zero attached hydrogens (tertiary/aromatic N) is 2. The lowest BCUT2D eigenvalue weighted by Crippen LogP contribution is -2.72. The number of barbiturate groups is 1. The van der Waals surface area contributed by atoms with Gasteiger partial charge in [-0.2, -0.15) is 0 Å². The topological polar surface area (TPSA) is 79.0 Å². The first-order chi connectivity index (χ1) is 14.6. The van der Waals surface area contributed by atoms with Gasteiger partial charge in [0.05, 0.1) is 18.8 Å². The third kappa shape index (κ3) is 2.54. The van der Waals surface area contributed by atoms with E-state index in [4.69, 9.17) is 4.74 Å². The van der Waals surface area contributed by atoms with Crippen molar-refractivity contribution in [2.45, 2.75) is 31.7 Å². The number of rotatable bonds is 2. The van der Waals surface area contributed by atoms with Crippen LogP contribution < -0.4 is 19.9 Å². The van der Waals surface area contributed by atoms with Crippen LogP contribution in [-0.4, -0.2) is 37.5 Å². The van der Waals surface area contributed by atoms with Crippen molar-refractivity contribution in [3.05, 3.63) is 54.1 Å². The molecule has 2 fully saturated rings. The molecule has 2 aromatic carbocycles. The summed E-state index contributed by atoms with van der Waals surface area (Å²) in [5.74, 6) is -0.319. The van der Waals surface area contributed by atoms with Crippen LogP contribution in [0.4, 0.5) is 16.2 Å². The van der Waals surface area contributed by atoms with E-state index in [0.29, 0.717) is 11.4 Å². The summed E-state index contributed by atoms with van der Waals surface area (Å²) in [6.07, 6.45) is 2.98. The van der Waals surface area contributed by atoms with Gasteiger partial charge >= 0.3 is 6.03 Å². The number of hydrogen-bond acceptors (Lipinski definition) is 5. The molecule has 2 aromatic rings. The molecule has 154 valence electrons. The number of ether oxygens (including phenoxy) is 1. The Morgan fingerprint density at radius 1 is 1.03 bits per heavy atom. The number of para-hydroxylation sites is 1. The summed E-state index contributed by atoms with van der Waals surface area (Å²) in [4.78, 5) is 43.3. The minimum absolute atomic E-state index is 0.275. The van der Waals surface area contributed by atoms with Gasteiger partial charge in [-0.15, -0.1) is 0 Å². The first kappa shape index (κ1) is 18.7. The first-order valence-electron chi connectivity index (χ1n) is 10.2. The highest BCUT2D eigenvalue weighted by molar-refractivity contribution is 6.30. The Hall–Kier alpha value is -3.35. The third-order valence-electron chi connectivity index (χ3n) is 6.59. The molecule has 7 nitrogen and oxygen atoms in total. The zero-order valence-electron chi connectivity index (χ0n) is 16.8. The molecule has 0 bridgehead atoms. The largest absolute Gasteiger partial charge is 0.497 e. The molecule has 0 aromatic heterocycles. The quantitative estimate of drug-likeness (QED) is 0.778. The van der Waals surface area contributed by atoms with Crippen molar-refractivity contribution in [3.63, 3.8) is 0 Å². The number of methoxy groups -OCH3 is 1. The van der Waals surface area contributed by atoms with Crippen LogP contribution in [0.15, 0.2) is 48.5 Å². The highest BCUT2D eigenvalue weighted by Gasteiger charge is 2.62. The molecule has 4 amide bonds. The van der Waals surface area contributed by atoms with E-state index < -0.39 is 23.3 Å². The van der Waals surface area contributed by atoms with Crippen molar-refractivity contribution in [1.82, 2.24) is 5.32 Å². The monoisotopic (exact) mass is 405 g/mol. The molecule has 0 radical (unpaired) electrons. The number of hydrogen-bond donors (Lipinski definition) is 1. The van der Waals surface area contributed by atoms with E-state index in [1.165, 1.54) is 0 Å². The smallest absolute Gasteiger partial charge is 0.335 e. The Labute approximate surface area is 174 Å². The normalized spacial score (nSPS) is 25.6. The number of imide groups is 2. The Morgan fingerprint density at radius 3 is 2.57 bits per heavy atom. The molecule has 7 heteroatoms. The van der Waals surface area contributed by atoms with E-state index in [1.54, 1.807) is 31.4 Å². The molecule has 3 heterocycles. The number of benzene rings is 2. The lowest BCUT2D eigenvalue weighted by Gasteiger charge is -2.53. The van der Waals surface area contributed by atoms with Crippen LogP contribution in [-0.2, 0) is 16.0 Å². The summed E-state index contributed by atoms with van der Waals surface area (Å²) in [7, 11) is 1.55. The second-order valence-corrected chi connectivity index (χ2v) is 8.08. The fraction of sp³-hybridized carbons (Fsp3) is 0.348. The van der Waals surface area contributed by atoms with Gasteiger partial charge in [0.15, 0.2) is 5.41 Å². The fourth-order valence-electron chi connectivity index (χ4n) is 5.16. The van der Waals surface area contributed by atoms with E-state index >= 15 is 0 Å². The lowest BCUT2D eigenvalue weighted by molar-refractivity contribution is -0.145. The number of piperidine rings is 1. The molecule has 0 aliphatic carbocycles. The molecule has 30 heavy (non-hydrogen) atoms. The van der Waals surface area contributed by atoms with E-state index in [-0.39, 0.29) is 12.5 Å². The van der Waals surface area contributed by atoms with Crippen LogP contribution in [0.1, 0.15) is 24.8 Å². The summed E-state index contributed by atoms with van der Waals surface area (Å²) in [6, 6.07) is 13.7. The van der Waals surface area contributed by atoms with Crippen LogP contribution in [0.5, 0.6) is 5.75 Å². The molecular weight excluding hydrogens is 382 g/mol. The summed E-state index contributed by atoms with van der Waals surface area (Å²) in [5, 5.41) is 2.48. The molecule has 1 N–H and O–H groups in total. The van der Waals surface area contributed by atoms with Gasteiger partial charge < -0.3 is 9.64 Å². The minimum Gasteiger partial charge on any atom is -0.497 e. The van der Waals surface area contributed by atoms with E-state index in [9.17, 15) is 14.4 Å². The van der Waals surface area contributed by atoms with E-state index in [2.05, 4.69) is 16.3 Å². The molecule has 5 rings (SSSR count). The number of anilines is 2. The van der Waals surface area contributed by atoms with Crippen molar-refractivity contribution in [1.29, 1.82) is 0 Å². The third-order valence-corrected chi connectivity index (χ3v) is 6.59. The highest BCUT2D eigenvalue weighted by atomic mass is 16.5.